The van der Waals surface area contributed by atoms with E-state index in [0.717, 1.165) is 27.1 Å². The molecule has 0 fully saturated rings. The topological polar surface area (TPSA) is 43.3 Å². The summed E-state index contributed by atoms with van der Waals surface area (Å²) in [5.41, 5.74) is 8.98. The second-order valence-electron chi connectivity index (χ2n) is 4.05. The van der Waals surface area contributed by atoms with Gasteiger partial charge >= 0.3 is 0 Å². The Labute approximate surface area is 117 Å². The van der Waals surface area contributed by atoms with E-state index >= 15 is 0 Å². The number of nitrogens with zero attached hydrogens (tertiary/aromatic N) is 2. The molecular weight excluding hydrogens is 310 g/mol. The first-order valence-corrected chi connectivity index (χ1v) is 7.36. The van der Waals surface area contributed by atoms with Crippen molar-refractivity contribution in [2.45, 2.75) is 6.42 Å². The number of rotatable bonds is 3. The third-order valence-corrected chi connectivity index (χ3v) is 4.24. The highest BCUT2D eigenvalue weighted by Crippen LogP contribution is 2.24. The fraction of sp³-hybridized carbons (Fsp3) is 0.154. The van der Waals surface area contributed by atoms with Crippen LogP contribution in [0.1, 0.15) is 5.69 Å². The minimum atomic E-state index is 0.664. The maximum atomic E-state index is 5.61. The molecule has 2 aromatic heterocycles. The summed E-state index contributed by atoms with van der Waals surface area (Å²) in [6.07, 6.45) is 2.97. The third-order valence-electron chi connectivity index (χ3n) is 2.82. The summed E-state index contributed by atoms with van der Waals surface area (Å²) in [7, 11) is 0. The van der Waals surface area contributed by atoms with Gasteiger partial charge in [-0.25, -0.2) is 4.98 Å². The number of imidazole rings is 1. The van der Waals surface area contributed by atoms with E-state index < -0.39 is 0 Å². The molecule has 18 heavy (non-hydrogen) atoms. The molecule has 0 spiro atoms. The minimum absolute atomic E-state index is 0.664. The number of thiazole rings is 1. The largest absolute Gasteiger partial charge is 0.330 e. The summed E-state index contributed by atoms with van der Waals surface area (Å²) in [6.45, 7) is 0.664. The van der Waals surface area contributed by atoms with Crippen LogP contribution in [-0.4, -0.2) is 15.9 Å². The quantitative estimate of drug-likeness (QED) is 0.804. The number of hydrogen-bond donors (Lipinski definition) is 1. The van der Waals surface area contributed by atoms with Crippen molar-refractivity contribution in [3.8, 4) is 11.3 Å². The Bertz CT molecular complexity index is 669. The molecular formula is C13H12BrN3S. The van der Waals surface area contributed by atoms with Crippen molar-refractivity contribution in [2.24, 2.45) is 5.73 Å². The predicted octanol–water partition coefficient (Wildman–Crippen LogP) is 3.33. The normalized spacial score (nSPS) is 11.2. The zero-order valence-corrected chi connectivity index (χ0v) is 12.0. The first-order chi connectivity index (χ1) is 8.78. The van der Waals surface area contributed by atoms with Crippen LogP contribution in [0.25, 0.3) is 16.2 Å². The van der Waals surface area contributed by atoms with Crippen LogP contribution in [0.2, 0.25) is 0 Å². The Kier molecular flexibility index (Phi) is 3.20. The van der Waals surface area contributed by atoms with Crippen LogP contribution in [0.5, 0.6) is 0 Å². The minimum Gasteiger partial charge on any atom is -0.330 e. The van der Waals surface area contributed by atoms with E-state index in [4.69, 9.17) is 5.73 Å². The van der Waals surface area contributed by atoms with Gasteiger partial charge in [-0.1, -0.05) is 28.1 Å². The van der Waals surface area contributed by atoms with Crippen LogP contribution in [0, 0.1) is 0 Å². The van der Waals surface area contributed by atoms with Gasteiger partial charge in [-0.3, -0.25) is 4.40 Å². The third kappa shape index (κ3) is 2.09. The molecule has 0 atom stereocenters. The van der Waals surface area contributed by atoms with Crippen molar-refractivity contribution in [3.05, 3.63) is 46.0 Å². The summed E-state index contributed by atoms with van der Waals surface area (Å²) < 4.78 is 3.21. The molecule has 0 aliphatic carbocycles. The maximum Gasteiger partial charge on any atom is 0.194 e. The Balaban J connectivity index is 2.05. The fourth-order valence-electron chi connectivity index (χ4n) is 1.92. The molecule has 0 aliphatic heterocycles. The molecule has 3 aromatic rings. The van der Waals surface area contributed by atoms with Crippen LogP contribution in [0.15, 0.2) is 40.3 Å². The van der Waals surface area contributed by atoms with Crippen molar-refractivity contribution in [1.82, 2.24) is 9.38 Å². The lowest BCUT2D eigenvalue weighted by Gasteiger charge is -1.96. The van der Waals surface area contributed by atoms with E-state index in [0.29, 0.717) is 6.54 Å². The Morgan fingerprint density at radius 3 is 2.78 bits per heavy atom. The highest BCUT2D eigenvalue weighted by molar-refractivity contribution is 9.10. The maximum absolute atomic E-state index is 5.61. The molecule has 0 saturated heterocycles. The van der Waals surface area contributed by atoms with Gasteiger partial charge in [0, 0.05) is 33.7 Å². The van der Waals surface area contributed by atoms with E-state index in [2.05, 4.69) is 49.0 Å². The number of hydrogen-bond acceptors (Lipinski definition) is 3. The molecule has 3 nitrogen and oxygen atoms in total. The number of aromatic nitrogens is 2. The average Bonchev–Trinajstić information content (AvgIpc) is 2.93. The first kappa shape index (κ1) is 11.9. The van der Waals surface area contributed by atoms with Gasteiger partial charge in [0.05, 0.1) is 5.69 Å². The monoisotopic (exact) mass is 321 g/mol. The first-order valence-electron chi connectivity index (χ1n) is 5.69. The lowest BCUT2D eigenvalue weighted by molar-refractivity contribution is 0.909. The van der Waals surface area contributed by atoms with Crippen LogP contribution in [0.3, 0.4) is 0 Å². The number of nitrogens with two attached hydrogens (primary N) is 1. The van der Waals surface area contributed by atoms with E-state index in [9.17, 15) is 0 Å². The zero-order valence-electron chi connectivity index (χ0n) is 9.64. The van der Waals surface area contributed by atoms with E-state index in [1.54, 1.807) is 11.3 Å². The summed E-state index contributed by atoms with van der Waals surface area (Å²) in [5.74, 6) is 0. The second-order valence-corrected chi connectivity index (χ2v) is 5.80. The summed E-state index contributed by atoms with van der Waals surface area (Å²) >= 11 is 5.10. The van der Waals surface area contributed by atoms with Crippen molar-refractivity contribution >= 4 is 32.2 Å². The molecule has 0 amide bonds. The summed E-state index contributed by atoms with van der Waals surface area (Å²) in [5, 5.41) is 2.13. The van der Waals surface area contributed by atoms with Crippen molar-refractivity contribution in [3.63, 3.8) is 0 Å². The lowest BCUT2D eigenvalue weighted by Crippen LogP contribution is -2.04. The van der Waals surface area contributed by atoms with Gasteiger partial charge in [0.25, 0.3) is 0 Å². The molecule has 0 aliphatic rings. The Morgan fingerprint density at radius 2 is 2.06 bits per heavy atom. The highest BCUT2D eigenvalue weighted by Gasteiger charge is 2.08. The molecule has 2 heterocycles. The smallest absolute Gasteiger partial charge is 0.194 e. The Morgan fingerprint density at radius 1 is 1.28 bits per heavy atom. The van der Waals surface area contributed by atoms with E-state index in [1.807, 2.05) is 12.1 Å². The second kappa shape index (κ2) is 4.84. The van der Waals surface area contributed by atoms with Gasteiger partial charge in [0.2, 0.25) is 0 Å². The number of fused-ring (bicyclic) bond motifs is 1. The zero-order chi connectivity index (χ0) is 12.5. The van der Waals surface area contributed by atoms with Gasteiger partial charge in [0.1, 0.15) is 0 Å². The predicted molar refractivity (Wildman–Crippen MR) is 79.0 cm³/mol. The molecule has 5 heteroatoms. The van der Waals surface area contributed by atoms with Crippen molar-refractivity contribution in [1.29, 1.82) is 0 Å². The van der Waals surface area contributed by atoms with Crippen LogP contribution < -0.4 is 5.73 Å². The van der Waals surface area contributed by atoms with Crippen molar-refractivity contribution in [2.75, 3.05) is 6.54 Å². The number of benzene rings is 1. The van der Waals surface area contributed by atoms with Crippen LogP contribution >= 0.6 is 27.3 Å². The fourth-order valence-corrected chi connectivity index (χ4v) is 3.09. The van der Waals surface area contributed by atoms with Gasteiger partial charge in [-0.15, -0.1) is 11.3 Å². The molecule has 3 rings (SSSR count). The average molecular weight is 322 g/mol. The van der Waals surface area contributed by atoms with E-state index in [-0.39, 0.29) is 0 Å². The standard InChI is InChI=1S/C13H12BrN3S/c14-10-3-1-9(2-4-10)12-7-17-11(5-6-15)8-18-13(17)16-12/h1-4,7-8H,5-6,15H2. The molecule has 0 saturated carbocycles. The molecule has 0 bridgehead atoms. The SMILES string of the molecule is NCCc1csc2nc(-c3ccc(Br)cc3)cn12. The molecule has 92 valence electrons. The van der Waals surface area contributed by atoms with Gasteiger partial charge in [-0.05, 0) is 18.7 Å². The lowest BCUT2D eigenvalue weighted by atomic mass is 10.2. The molecule has 1 aromatic carbocycles. The van der Waals surface area contributed by atoms with Crippen molar-refractivity contribution < 1.29 is 0 Å². The summed E-state index contributed by atoms with van der Waals surface area (Å²) in [6, 6.07) is 8.20. The summed E-state index contributed by atoms with van der Waals surface area (Å²) in [4.78, 5) is 5.67. The van der Waals surface area contributed by atoms with E-state index in [1.165, 1.54) is 5.69 Å². The molecule has 2 N–H and O–H groups in total. The number of halogens is 1. The highest BCUT2D eigenvalue weighted by atomic mass is 79.9. The van der Waals surface area contributed by atoms with Gasteiger partial charge in [0.15, 0.2) is 4.96 Å². The molecule has 0 radical (unpaired) electrons. The van der Waals surface area contributed by atoms with Gasteiger partial charge in [-0.2, -0.15) is 0 Å². The van der Waals surface area contributed by atoms with Crippen LogP contribution in [-0.2, 0) is 6.42 Å². The van der Waals surface area contributed by atoms with Gasteiger partial charge < -0.3 is 5.73 Å². The van der Waals surface area contributed by atoms with Crippen LogP contribution in [0.4, 0.5) is 0 Å². The molecule has 0 unspecified atom stereocenters. The Hall–Kier alpha value is -1.17.